The minimum Gasteiger partial charge on any atom is -0.363 e. The van der Waals surface area contributed by atoms with Crippen molar-refractivity contribution in [2.75, 3.05) is 51.8 Å². The molecule has 2 saturated heterocycles. The lowest BCUT2D eigenvalue weighted by Crippen LogP contribution is -2.55. The van der Waals surface area contributed by atoms with Crippen LogP contribution in [0.2, 0.25) is 0 Å². The first-order chi connectivity index (χ1) is 13.0. The quantitative estimate of drug-likeness (QED) is 0.794. The van der Waals surface area contributed by atoms with Crippen LogP contribution in [-0.2, 0) is 14.3 Å². The number of benzene rings is 1. The number of rotatable bonds is 5. The van der Waals surface area contributed by atoms with Gasteiger partial charge in [0.2, 0.25) is 5.91 Å². The molecule has 0 N–H and O–H groups in total. The SMILES string of the molecule is CN(C)CCCC(=O)N1CCCC2(CC1)CN(c1ccccc1)C(=O)CO2. The van der Waals surface area contributed by atoms with Gasteiger partial charge >= 0.3 is 0 Å². The minimum absolute atomic E-state index is 0.00712. The average Bonchev–Trinajstić information content (AvgIpc) is 2.87. The second-order valence-electron chi connectivity index (χ2n) is 7.93. The normalized spacial score (nSPS) is 23.7. The molecule has 2 aliphatic rings. The molecule has 6 heteroatoms. The van der Waals surface area contributed by atoms with E-state index in [-0.39, 0.29) is 24.0 Å². The molecule has 6 nitrogen and oxygen atoms in total. The van der Waals surface area contributed by atoms with E-state index in [2.05, 4.69) is 4.90 Å². The van der Waals surface area contributed by atoms with Gasteiger partial charge < -0.3 is 19.4 Å². The molecular formula is C21H31N3O3. The second kappa shape index (κ2) is 8.85. The molecule has 2 amide bonds. The van der Waals surface area contributed by atoms with Gasteiger partial charge in [0.15, 0.2) is 0 Å². The number of likely N-dealkylation sites (tertiary alicyclic amines) is 1. The van der Waals surface area contributed by atoms with Gasteiger partial charge in [-0.05, 0) is 58.5 Å². The van der Waals surface area contributed by atoms with Crippen molar-refractivity contribution in [1.82, 2.24) is 9.80 Å². The molecule has 148 valence electrons. The monoisotopic (exact) mass is 373 g/mol. The Hall–Kier alpha value is -1.92. The zero-order chi connectivity index (χ0) is 19.3. The number of hydrogen-bond acceptors (Lipinski definition) is 4. The predicted octanol–water partition coefficient (Wildman–Crippen LogP) is 2.14. The molecule has 1 aromatic rings. The molecule has 27 heavy (non-hydrogen) atoms. The molecule has 0 aliphatic carbocycles. The van der Waals surface area contributed by atoms with Crippen molar-refractivity contribution in [3.8, 4) is 0 Å². The molecule has 2 heterocycles. The molecule has 0 saturated carbocycles. The van der Waals surface area contributed by atoms with E-state index in [1.165, 1.54) is 0 Å². The Kier molecular flexibility index (Phi) is 6.50. The van der Waals surface area contributed by atoms with Crippen molar-refractivity contribution in [2.24, 2.45) is 0 Å². The fourth-order valence-corrected chi connectivity index (χ4v) is 3.98. The van der Waals surface area contributed by atoms with Crippen LogP contribution in [0.3, 0.4) is 0 Å². The molecule has 0 bridgehead atoms. The zero-order valence-electron chi connectivity index (χ0n) is 16.5. The smallest absolute Gasteiger partial charge is 0.253 e. The van der Waals surface area contributed by atoms with E-state index in [4.69, 9.17) is 4.74 Å². The van der Waals surface area contributed by atoms with Gasteiger partial charge in [0.25, 0.3) is 5.91 Å². The van der Waals surface area contributed by atoms with E-state index in [9.17, 15) is 9.59 Å². The predicted molar refractivity (Wildman–Crippen MR) is 106 cm³/mol. The fraction of sp³-hybridized carbons (Fsp3) is 0.619. The summed E-state index contributed by atoms with van der Waals surface area (Å²) in [4.78, 5) is 30.9. The lowest BCUT2D eigenvalue weighted by atomic mass is 9.92. The third kappa shape index (κ3) is 5.08. The van der Waals surface area contributed by atoms with E-state index in [0.29, 0.717) is 19.5 Å². The first kappa shape index (κ1) is 19.8. The first-order valence-electron chi connectivity index (χ1n) is 9.91. The molecule has 1 spiro atoms. The standard InChI is InChI=1S/C21H31N3O3/c1-22(2)13-6-10-19(25)23-14-7-11-21(12-15-23)17-24(20(26)16-27-21)18-8-4-3-5-9-18/h3-5,8-9H,6-7,10-17H2,1-2H3. The summed E-state index contributed by atoms with van der Waals surface area (Å²) >= 11 is 0. The van der Waals surface area contributed by atoms with Crippen molar-refractivity contribution in [3.63, 3.8) is 0 Å². The van der Waals surface area contributed by atoms with Crippen LogP contribution in [0.15, 0.2) is 30.3 Å². The highest BCUT2D eigenvalue weighted by Gasteiger charge is 2.41. The summed E-state index contributed by atoms with van der Waals surface area (Å²) in [6, 6.07) is 9.79. The van der Waals surface area contributed by atoms with Gasteiger partial charge in [0, 0.05) is 25.2 Å². The van der Waals surface area contributed by atoms with Crippen molar-refractivity contribution >= 4 is 17.5 Å². The van der Waals surface area contributed by atoms with Gasteiger partial charge in [-0.25, -0.2) is 0 Å². The summed E-state index contributed by atoms with van der Waals surface area (Å²) in [6.07, 6.45) is 4.06. The molecule has 0 aromatic heterocycles. The highest BCUT2D eigenvalue weighted by molar-refractivity contribution is 5.95. The molecule has 1 unspecified atom stereocenters. The number of ether oxygens (including phenoxy) is 1. The Morgan fingerprint density at radius 1 is 1.19 bits per heavy atom. The van der Waals surface area contributed by atoms with Crippen LogP contribution in [0.4, 0.5) is 5.69 Å². The van der Waals surface area contributed by atoms with Crippen LogP contribution in [0, 0.1) is 0 Å². The van der Waals surface area contributed by atoms with Gasteiger partial charge in [-0.1, -0.05) is 18.2 Å². The van der Waals surface area contributed by atoms with Gasteiger partial charge in [-0.3, -0.25) is 9.59 Å². The Morgan fingerprint density at radius 2 is 1.96 bits per heavy atom. The first-order valence-corrected chi connectivity index (χ1v) is 9.91. The number of amides is 2. The van der Waals surface area contributed by atoms with Crippen LogP contribution < -0.4 is 4.90 Å². The number of nitrogens with zero attached hydrogens (tertiary/aromatic N) is 3. The van der Waals surface area contributed by atoms with Gasteiger partial charge in [0.05, 0.1) is 12.1 Å². The topological polar surface area (TPSA) is 53.1 Å². The van der Waals surface area contributed by atoms with Crippen LogP contribution in [-0.4, -0.2) is 74.1 Å². The van der Waals surface area contributed by atoms with Gasteiger partial charge in [-0.15, -0.1) is 0 Å². The maximum absolute atomic E-state index is 12.5. The summed E-state index contributed by atoms with van der Waals surface area (Å²) in [7, 11) is 4.06. The molecule has 3 rings (SSSR count). The van der Waals surface area contributed by atoms with Crippen LogP contribution >= 0.6 is 0 Å². The molecule has 1 aromatic carbocycles. The Labute approximate surface area is 162 Å². The summed E-state index contributed by atoms with van der Waals surface area (Å²) in [5, 5.41) is 0. The number of morpholine rings is 1. The Bertz CT molecular complexity index is 649. The van der Waals surface area contributed by atoms with Crippen molar-refractivity contribution in [1.29, 1.82) is 0 Å². The summed E-state index contributed by atoms with van der Waals surface area (Å²) in [6.45, 7) is 3.10. The highest BCUT2D eigenvalue weighted by Crippen LogP contribution is 2.33. The Morgan fingerprint density at radius 3 is 2.70 bits per heavy atom. The van der Waals surface area contributed by atoms with E-state index in [1.54, 1.807) is 0 Å². The van der Waals surface area contributed by atoms with Crippen LogP contribution in [0.5, 0.6) is 0 Å². The third-order valence-electron chi connectivity index (χ3n) is 5.56. The molecule has 1 atom stereocenters. The van der Waals surface area contributed by atoms with Crippen LogP contribution in [0.1, 0.15) is 32.1 Å². The largest absolute Gasteiger partial charge is 0.363 e. The van der Waals surface area contributed by atoms with E-state index < -0.39 is 0 Å². The summed E-state index contributed by atoms with van der Waals surface area (Å²) in [5.41, 5.74) is 0.577. The maximum Gasteiger partial charge on any atom is 0.253 e. The van der Waals surface area contributed by atoms with Gasteiger partial charge in [-0.2, -0.15) is 0 Å². The number of carbonyl (C=O) groups excluding carboxylic acids is 2. The average molecular weight is 373 g/mol. The van der Waals surface area contributed by atoms with E-state index in [1.807, 2.05) is 54.2 Å². The van der Waals surface area contributed by atoms with E-state index in [0.717, 1.165) is 44.5 Å². The number of para-hydroxylation sites is 1. The van der Waals surface area contributed by atoms with Crippen molar-refractivity contribution in [2.45, 2.75) is 37.7 Å². The van der Waals surface area contributed by atoms with Crippen LogP contribution in [0.25, 0.3) is 0 Å². The van der Waals surface area contributed by atoms with Gasteiger partial charge in [0.1, 0.15) is 6.61 Å². The molecule has 0 radical (unpaired) electrons. The zero-order valence-corrected chi connectivity index (χ0v) is 16.5. The molecule has 2 aliphatic heterocycles. The van der Waals surface area contributed by atoms with Crippen molar-refractivity contribution < 1.29 is 14.3 Å². The lowest BCUT2D eigenvalue weighted by Gasteiger charge is -2.42. The maximum atomic E-state index is 12.5. The second-order valence-corrected chi connectivity index (χ2v) is 7.93. The molecule has 2 fully saturated rings. The Balaban J connectivity index is 1.61. The highest BCUT2D eigenvalue weighted by atomic mass is 16.5. The summed E-state index contributed by atoms with van der Waals surface area (Å²) < 4.78 is 6.06. The van der Waals surface area contributed by atoms with E-state index >= 15 is 0 Å². The minimum atomic E-state index is -0.345. The van der Waals surface area contributed by atoms with Crippen molar-refractivity contribution in [3.05, 3.63) is 30.3 Å². The number of carbonyl (C=O) groups is 2. The molecular weight excluding hydrogens is 342 g/mol. The lowest BCUT2D eigenvalue weighted by molar-refractivity contribution is -0.141. The summed E-state index contributed by atoms with van der Waals surface area (Å²) in [5.74, 6) is 0.244. The fourth-order valence-electron chi connectivity index (χ4n) is 3.98. The number of hydrogen-bond donors (Lipinski definition) is 0. The third-order valence-corrected chi connectivity index (χ3v) is 5.56. The number of anilines is 1.